The summed E-state index contributed by atoms with van der Waals surface area (Å²) in [6, 6.07) is 0. The number of carboxylic acid groups (broad SMARTS) is 1. The van der Waals surface area contributed by atoms with Crippen molar-refractivity contribution in [1.29, 1.82) is 0 Å². The van der Waals surface area contributed by atoms with E-state index in [2.05, 4.69) is 0 Å². The Balaban J connectivity index is 2.24. The summed E-state index contributed by atoms with van der Waals surface area (Å²) in [5.41, 5.74) is 5.48. The lowest BCUT2D eigenvalue weighted by Gasteiger charge is -2.17. The van der Waals surface area contributed by atoms with E-state index in [9.17, 15) is 9.59 Å². The summed E-state index contributed by atoms with van der Waals surface area (Å²) >= 11 is 0. The number of rotatable bonds is 1. The summed E-state index contributed by atoms with van der Waals surface area (Å²) in [6.45, 7) is 0. The van der Waals surface area contributed by atoms with Gasteiger partial charge in [0.2, 0.25) is 0 Å². The molecule has 3 N–H and O–H groups in total. The Bertz CT molecular complexity index is 321. The van der Waals surface area contributed by atoms with Crippen molar-refractivity contribution in [2.75, 3.05) is 0 Å². The Morgan fingerprint density at radius 1 is 1.69 bits per heavy atom. The van der Waals surface area contributed by atoms with Gasteiger partial charge in [0, 0.05) is 6.42 Å². The SMILES string of the molecule is NC1(C(=O)O)CC2=CC(=O)CC2C1. The van der Waals surface area contributed by atoms with Crippen LogP contribution < -0.4 is 5.73 Å². The molecule has 13 heavy (non-hydrogen) atoms. The van der Waals surface area contributed by atoms with Gasteiger partial charge in [-0.05, 0) is 24.8 Å². The number of aliphatic carboxylic acids is 1. The number of carboxylic acids is 1. The average molecular weight is 181 g/mol. The molecule has 0 radical (unpaired) electrons. The highest BCUT2D eigenvalue weighted by molar-refractivity contribution is 5.94. The second-order valence-electron chi connectivity index (χ2n) is 3.93. The molecule has 4 heteroatoms. The van der Waals surface area contributed by atoms with Crippen molar-refractivity contribution in [3.8, 4) is 0 Å². The highest BCUT2D eigenvalue weighted by Gasteiger charge is 2.47. The van der Waals surface area contributed by atoms with Crippen molar-refractivity contribution >= 4 is 11.8 Å². The first-order valence-electron chi connectivity index (χ1n) is 4.27. The molecular weight excluding hydrogens is 170 g/mol. The zero-order valence-corrected chi connectivity index (χ0v) is 7.12. The van der Waals surface area contributed by atoms with Crippen LogP contribution in [-0.2, 0) is 9.59 Å². The van der Waals surface area contributed by atoms with Crippen LogP contribution in [0.15, 0.2) is 11.6 Å². The second kappa shape index (κ2) is 2.42. The number of hydrogen-bond acceptors (Lipinski definition) is 3. The van der Waals surface area contributed by atoms with Crippen LogP contribution in [0, 0.1) is 5.92 Å². The standard InChI is InChI=1S/C9H11NO3/c10-9(8(12)13)3-5-1-7(11)2-6(5)4-9/h1,6H,2-4,10H2,(H,12,13). The Labute approximate surface area is 75.4 Å². The van der Waals surface area contributed by atoms with Gasteiger partial charge in [-0.2, -0.15) is 0 Å². The molecule has 0 amide bonds. The van der Waals surface area contributed by atoms with Crippen LogP contribution in [0.4, 0.5) is 0 Å². The van der Waals surface area contributed by atoms with Crippen LogP contribution in [0.3, 0.4) is 0 Å². The molecule has 2 unspecified atom stereocenters. The summed E-state index contributed by atoms with van der Waals surface area (Å²) in [6.07, 6.45) is 2.74. The molecule has 0 aromatic heterocycles. The minimum atomic E-state index is -1.13. The van der Waals surface area contributed by atoms with Crippen LogP contribution in [0.25, 0.3) is 0 Å². The summed E-state index contributed by atoms with van der Waals surface area (Å²) in [5, 5.41) is 8.86. The van der Waals surface area contributed by atoms with Crippen LogP contribution in [0.1, 0.15) is 19.3 Å². The van der Waals surface area contributed by atoms with E-state index in [0.717, 1.165) is 5.57 Å². The van der Waals surface area contributed by atoms with E-state index >= 15 is 0 Å². The zero-order chi connectivity index (χ0) is 9.64. The molecule has 0 bridgehead atoms. The Morgan fingerprint density at radius 2 is 2.38 bits per heavy atom. The normalized spacial score (nSPS) is 37.5. The molecule has 2 aliphatic carbocycles. The molecule has 2 atom stereocenters. The van der Waals surface area contributed by atoms with E-state index in [4.69, 9.17) is 10.8 Å². The molecule has 70 valence electrons. The third kappa shape index (κ3) is 1.18. The first kappa shape index (κ1) is 8.44. The quantitative estimate of drug-likeness (QED) is 0.600. The van der Waals surface area contributed by atoms with Gasteiger partial charge < -0.3 is 10.8 Å². The first-order chi connectivity index (χ1) is 6.01. The van der Waals surface area contributed by atoms with E-state index in [1.165, 1.54) is 0 Å². The Morgan fingerprint density at radius 3 is 2.92 bits per heavy atom. The topological polar surface area (TPSA) is 80.4 Å². The van der Waals surface area contributed by atoms with Gasteiger partial charge in [0.25, 0.3) is 0 Å². The van der Waals surface area contributed by atoms with Gasteiger partial charge in [0.05, 0.1) is 0 Å². The molecular formula is C9H11NO3. The molecule has 0 aliphatic heterocycles. The maximum absolute atomic E-state index is 11.0. The van der Waals surface area contributed by atoms with Gasteiger partial charge in [-0.1, -0.05) is 5.57 Å². The van der Waals surface area contributed by atoms with Gasteiger partial charge in [-0.3, -0.25) is 9.59 Å². The third-order valence-corrected chi connectivity index (χ3v) is 2.87. The molecule has 0 spiro atoms. The van der Waals surface area contributed by atoms with Crippen molar-refractivity contribution in [1.82, 2.24) is 0 Å². The molecule has 0 aromatic carbocycles. The molecule has 2 rings (SSSR count). The van der Waals surface area contributed by atoms with E-state index in [-0.39, 0.29) is 11.7 Å². The summed E-state index contributed by atoms with van der Waals surface area (Å²) in [5.74, 6) is -0.767. The second-order valence-corrected chi connectivity index (χ2v) is 3.93. The lowest BCUT2D eigenvalue weighted by molar-refractivity contribution is -0.143. The number of hydrogen-bond donors (Lipinski definition) is 2. The third-order valence-electron chi connectivity index (χ3n) is 2.87. The predicted molar refractivity (Wildman–Crippen MR) is 45.0 cm³/mol. The van der Waals surface area contributed by atoms with Crippen molar-refractivity contribution in [2.24, 2.45) is 11.7 Å². The van der Waals surface area contributed by atoms with E-state index < -0.39 is 11.5 Å². The van der Waals surface area contributed by atoms with Crippen molar-refractivity contribution in [3.63, 3.8) is 0 Å². The van der Waals surface area contributed by atoms with Crippen LogP contribution >= 0.6 is 0 Å². The fourth-order valence-electron chi connectivity index (χ4n) is 2.20. The van der Waals surface area contributed by atoms with Gasteiger partial charge in [-0.15, -0.1) is 0 Å². The molecule has 4 nitrogen and oxygen atoms in total. The molecule has 1 saturated carbocycles. The summed E-state index contributed by atoms with van der Waals surface area (Å²) < 4.78 is 0. The number of carbonyl (C=O) groups excluding carboxylic acids is 1. The Hall–Kier alpha value is -1.16. The van der Waals surface area contributed by atoms with Crippen LogP contribution in [0.2, 0.25) is 0 Å². The smallest absolute Gasteiger partial charge is 0.324 e. The number of fused-ring (bicyclic) bond motifs is 1. The lowest BCUT2D eigenvalue weighted by Crippen LogP contribution is -2.45. The summed E-state index contributed by atoms with van der Waals surface area (Å²) in [4.78, 5) is 21.8. The maximum atomic E-state index is 11.0. The average Bonchev–Trinajstić information content (AvgIpc) is 2.42. The molecule has 0 saturated heterocycles. The number of carbonyl (C=O) groups is 2. The largest absolute Gasteiger partial charge is 0.480 e. The fraction of sp³-hybridized carbons (Fsp3) is 0.556. The lowest BCUT2D eigenvalue weighted by atomic mass is 9.96. The highest BCUT2D eigenvalue weighted by atomic mass is 16.4. The van der Waals surface area contributed by atoms with Crippen molar-refractivity contribution in [2.45, 2.75) is 24.8 Å². The van der Waals surface area contributed by atoms with E-state index in [1.54, 1.807) is 6.08 Å². The minimum Gasteiger partial charge on any atom is -0.480 e. The fourth-order valence-corrected chi connectivity index (χ4v) is 2.20. The van der Waals surface area contributed by atoms with Gasteiger partial charge in [0.1, 0.15) is 5.54 Å². The Kier molecular flexibility index (Phi) is 1.57. The first-order valence-corrected chi connectivity index (χ1v) is 4.27. The summed E-state index contributed by atoms with van der Waals surface area (Å²) in [7, 11) is 0. The monoisotopic (exact) mass is 181 g/mol. The zero-order valence-electron chi connectivity index (χ0n) is 7.12. The number of ketones is 1. The molecule has 0 aromatic rings. The van der Waals surface area contributed by atoms with Crippen LogP contribution in [0.5, 0.6) is 0 Å². The van der Waals surface area contributed by atoms with E-state index in [1.807, 2.05) is 0 Å². The molecule has 1 fully saturated rings. The number of allylic oxidation sites excluding steroid dienone is 1. The maximum Gasteiger partial charge on any atom is 0.324 e. The molecule has 2 aliphatic rings. The molecule has 0 heterocycles. The predicted octanol–water partition coefficient (Wildman–Crippen LogP) is 0.0777. The van der Waals surface area contributed by atoms with Crippen LogP contribution in [-0.4, -0.2) is 22.4 Å². The highest BCUT2D eigenvalue weighted by Crippen LogP contribution is 2.42. The van der Waals surface area contributed by atoms with Gasteiger partial charge in [0.15, 0.2) is 5.78 Å². The van der Waals surface area contributed by atoms with E-state index in [0.29, 0.717) is 19.3 Å². The number of nitrogens with two attached hydrogens (primary N) is 1. The van der Waals surface area contributed by atoms with Gasteiger partial charge >= 0.3 is 5.97 Å². The van der Waals surface area contributed by atoms with Crippen molar-refractivity contribution < 1.29 is 14.7 Å². The minimum absolute atomic E-state index is 0.0913. The van der Waals surface area contributed by atoms with Crippen molar-refractivity contribution in [3.05, 3.63) is 11.6 Å². The van der Waals surface area contributed by atoms with Gasteiger partial charge in [-0.25, -0.2) is 0 Å².